The van der Waals surface area contributed by atoms with E-state index in [0.717, 1.165) is 11.1 Å². The maximum atomic E-state index is 12.7. The van der Waals surface area contributed by atoms with Crippen molar-refractivity contribution >= 4 is 23.4 Å². The second kappa shape index (κ2) is 11.9. The molecule has 0 saturated carbocycles. The van der Waals surface area contributed by atoms with E-state index in [9.17, 15) is 14.7 Å². The van der Waals surface area contributed by atoms with Gasteiger partial charge in [-0.15, -0.1) is 0 Å². The van der Waals surface area contributed by atoms with Gasteiger partial charge in [0.15, 0.2) is 5.75 Å². The molecule has 0 atom stereocenters. The monoisotopic (exact) mass is 538 g/mol. The lowest BCUT2D eigenvalue weighted by atomic mass is 9.86. The minimum atomic E-state index is -1.17. The Kier molecular flexibility index (Phi) is 8.43. The lowest BCUT2D eigenvalue weighted by Crippen LogP contribution is -2.19. The molecule has 0 saturated heterocycles. The molecule has 40 heavy (non-hydrogen) atoms. The van der Waals surface area contributed by atoms with Crippen LogP contribution >= 0.6 is 0 Å². The molecular formula is C33H34N2O5. The first-order valence-corrected chi connectivity index (χ1v) is 13.1. The van der Waals surface area contributed by atoms with E-state index in [2.05, 4.69) is 31.4 Å². The van der Waals surface area contributed by atoms with Crippen LogP contribution in [0.1, 0.15) is 49.2 Å². The highest BCUT2D eigenvalue weighted by molar-refractivity contribution is 6.01. The number of urea groups is 1. The fourth-order valence-electron chi connectivity index (χ4n) is 4.36. The highest BCUT2D eigenvalue weighted by Gasteiger charge is 2.26. The molecule has 4 aromatic rings. The molecule has 0 spiro atoms. The van der Waals surface area contributed by atoms with Crippen LogP contribution in [-0.4, -0.2) is 23.7 Å². The number of rotatable bonds is 8. The minimum Gasteiger partial charge on any atom is -0.493 e. The summed E-state index contributed by atoms with van der Waals surface area (Å²) in [5.74, 6) is -0.232. The number of benzene rings is 4. The van der Waals surface area contributed by atoms with Crippen LogP contribution in [0.15, 0.2) is 84.9 Å². The van der Waals surface area contributed by atoms with E-state index < -0.39 is 12.0 Å². The standard InChI is InChI=1S/C33H34N2O5/c1-6-39-28-19-18-25(30(29(28)31(36)37)40-27-13-8-7-12-26(27)33(3,4)5)22-10-9-11-24(20-22)35-32(38)34-23-16-14-21(2)15-17-23/h7-20H,6H2,1-5H3,(H,36,37)(H2,34,35,38). The first kappa shape index (κ1) is 28.2. The summed E-state index contributed by atoms with van der Waals surface area (Å²) in [7, 11) is 0. The summed E-state index contributed by atoms with van der Waals surface area (Å²) in [6.07, 6.45) is 0. The number of carbonyl (C=O) groups is 2. The van der Waals surface area contributed by atoms with Crippen molar-refractivity contribution in [3.8, 4) is 28.4 Å². The van der Waals surface area contributed by atoms with Crippen molar-refractivity contribution < 1.29 is 24.2 Å². The second-order valence-electron chi connectivity index (χ2n) is 10.4. The Bertz CT molecular complexity index is 1520. The van der Waals surface area contributed by atoms with Crippen molar-refractivity contribution in [2.45, 2.75) is 40.0 Å². The molecule has 0 aliphatic rings. The number of aromatic carboxylic acids is 1. The van der Waals surface area contributed by atoms with Gasteiger partial charge in [-0.25, -0.2) is 9.59 Å². The fourth-order valence-corrected chi connectivity index (χ4v) is 4.36. The van der Waals surface area contributed by atoms with Crippen LogP contribution < -0.4 is 20.1 Å². The summed E-state index contributed by atoms with van der Waals surface area (Å²) < 4.78 is 12.1. The number of anilines is 2. The molecule has 0 radical (unpaired) electrons. The number of ether oxygens (including phenoxy) is 2. The zero-order chi connectivity index (χ0) is 28.9. The van der Waals surface area contributed by atoms with Gasteiger partial charge in [-0.3, -0.25) is 0 Å². The number of nitrogens with one attached hydrogen (secondary N) is 2. The maximum Gasteiger partial charge on any atom is 0.343 e. The van der Waals surface area contributed by atoms with Gasteiger partial charge in [0.2, 0.25) is 0 Å². The number of carboxylic acids is 1. The van der Waals surface area contributed by atoms with Crippen molar-refractivity contribution in [1.82, 2.24) is 0 Å². The van der Waals surface area contributed by atoms with E-state index in [0.29, 0.717) is 34.9 Å². The maximum absolute atomic E-state index is 12.7. The number of aryl methyl sites for hydroxylation is 1. The third kappa shape index (κ3) is 6.61. The van der Waals surface area contributed by atoms with Crippen LogP contribution in [0.5, 0.6) is 17.2 Å². The molecular weight excluding hydrogens is 504 g/mol. The summed E-state index contributed by atoms with van der Waals surface area (Å²) >= 11 is 0. The molecule has 0 unspecified atom stereocenters. The van der Waals surface area contributed by atoms with Crippen LogP contribution in [0.4, 0.5) is 16.2 Å². The Balaban J connectivity index is 1.76. The van der Waals surface area contributed by atoms with Crippen LogP contribution in [0, 0.1) is 6.92 Å². The van der Waals surface area contributed by atoms with Crippen molar-refractivity contribution in [1.29, 1.82) is 0 Å². The van der Waals surface area contributed by atoms with Gasteiger partial charge < -0.3 is 25.2 Å². The van der Waals surface area contributed by atoms with E-state index >= 15 is 0 Å². The zero-order valence-electron chi connectivity index (χ0n) is 23.4. The summed E-state index contributed by atoms with van der Waals surface area (Å²) in [6.45, 7) is 10.3. The molecule has 0 heterocycles. The number of hydrogen-bond donors (Lipinski definition) is 3. The second-order valence-corrected chi connectivity index (χ2v) is 10.4. The molecule has 0 aromatic heterocycles. The molecule has 4 aromatic carbocycles. The van der Waals surface area contributed by atoms with E-state index in [1.54, 1.807) is 37.3 Å². The van der Waals surface area contributed by atoms with Gasteiger partial charge in [0.05, 0.1) is 6.61 Å². The lowest BCUT2D eigenvalue weighted by Gasteiger charge is -2.24. The summed E-state index contributed by atoms with van der Waals surface area (Å²) in [5, 5.41) is 15.9. The quantitative estimate of drug-likeness (QED) is 0.209. The Labute approximate surface area is 234 Å². The molecule has 0 aliphatic carbocycles. The van der Waals surface area contributed by atoms with Gasteiger partial charge in [0, 0.05) is 22.5 Å². The summed E-state index contributed by atoms with van der Waals surface area (Å²) in [5.41, 5.74) is 4.14. The van der Waals surface area contributed by atoms with E-state index in [4.69, 9.17) is 9.47 Å². The third-order valence-electron chi connectivity index (χ3n) is 6.28. The van der Waals surface area contributed by atoms with Gasteiger partial charge in [-0.05, 0) is 67.3 Å². The molecule has 0 bridgehead atoms. The van der Waals surface area contributed by atoms with Crippen molar-refractivity contribution in [3.63, 3.8) is 0 Å². The van der Waals surface area contributed by atoms with Gasteiger partial charge in [-0.2, -0.15) is 0 Å². The largest absolute Gasteiger partial charge is 0.493 e. The molecule has 3 N–H and O–H groups in total. The van der Waals surface area contributed by atoms with E-state index in [1.807, 2.05) is 61.5 Å². The highest BCUT2D eigenvalue weighted by atomic mass is 16.5. The molecule has 7 nitrogen and oxygen atoms in total. The number of carbonyl (C=O) groups excluding carboxylic acids is 1. The van der Waals surface area contributed by atoms with Gasteiger partial charge >= 0.3 is 12.0 Å². The van der Waals surface area contributed by atoms with E-state index in [1.165, 1.54) is 0 Å². The first-order valence-electron chi connectivity index (χ1n) is 13.1. The summed E-state index contributed by atoms with van der Waals surface area (Å²) in [4.78, 5) is 25.2. The Morgan fingerprint density at radius 3 is 2.20 bits per heavy atom. The predicted octanol–water partition coefficient (Wildman–Crippen LogP) is 8.49. The normalized spacial score (nSPS) is 11.0. The highest BCUT2D eigenvalue weighted by Crippen LogP contribution is 2.43. The average molecular weight is 539 g/mol. The Morgan fingerprint density at radius 2 is 1.52 bits per heavy atom. The topological polar surface area (TPSA) is 96.9 Å². The van der Waals surface area contributed by atoms with Crippen LogP contribution in [0.2, 0.25) is 0 Å². The number of carboxylic acid groups (broad SMARTS) is 1. The number of amides is 2. The van der Waals surface area contributed by atoms with E-state index in [-0.39, 0.29) is 22.5 Å². The molecule has 2 amide bonds. The minimum absolute atomic E-state index is 0.0708. The molecule has 7 heteroatoms. The fraction of sp³-hybridized carbons (Fsp3) is 0.212. The Morgan fingerprint density at radius 1 is 0.825 bits per heavy atom. The molecule has 0 fully saturated rings. The van der Waals surface area contributed by atoms with Crippen molar-refractivity contribution in [2.24, 2.45) is 0 Å². The van der Waals surface area contributed by atoms with Gasteiger partial charge in [0.1, 0.15) is 17.1 Å². The van der Waals surface area contributed by atoms with Crippen molar-refractivity contribution in [2.75, 3.05) is 17.2 Å². The number of hydrogen-bond acceptors (Lipinski definition) is 4. The van der Waals surface area contributed by atoms with Crippen LogP contribution in [-0.2, 0) is 5.41 Å². The molecule has 206 valence electrons. The third-order valence-corrected chi connectivity index (χ3v) is 6.28. The predicted molar refractivity (Wildman–Crippen MR) is 159 cm³/mol. The lowest BCUT2D eigenvalue weighted by molar-refractivity contribution is 0.0689. The van der Waals surface area contributed by atoms with Gasteiger partial charge in [0.25, 0.3) is 0 Å². The Hall–Kier alpha value is -4.78. The van der Waals surface area contributed by atoms with Crippen LogP contribution in [0.3, 0.4) is 0 Å². The smallest absolute Gasteiger partial charge is 0.343 e. The van der Waals surface area contributed by atoms with Gasteiger partial charge in [-0.1, -0.05) is 68.8 Å². The van der Waals surface area contributed by atoms with Crippen molar-refractivity contribution in [3.05, 3.63) is 102 Å². The number of para-hydroxylation sites is 1. The zero-order valence-corrected chi connectivity index (χ0v) is 23.4. The first-order chi connectivity index (χ1) is 19.1. The molecule has 0 aliphatic heterocycles. The SMILES string of the molecule is CCOc1ccc(-c2cccc(NC(=O)Nc3ccc(C)cc3)c2)c(Oc2ccccc2C(C)(C)C)c1C(=O)O. The van der Waals surface area contributed by atoms with Crippen LogP contribution in [0.25, 0.3) is 11.1 Å². The average Bonchev–Trinajstić information content (AvgIpc) is 2.90. The summed E-state index contributed by atoms with van der Waals surface area (Å²) in [6, 6.07) is 25.3. The molecule has 4 rings (SSSR count).